The lowest BCUT2D eigenvalue weighted by Gasteiger charge is -2.12. The molecule has 5 rings (SSSR count). The third-order valence-electron chi connectivity index (χ3n) is 5.05. The summed E-state index contributed by atoms with van der Waals surface area (Å²) in [4.78, 5) is 5.85. The summed E-state index contributed by atoms with van der Waals surface area (Å²) in [5.41, 5.74) is 2.77. The first-order valence-electron chi connectivity index (χ1n) is 8.53. The van der Waals surface area contributed by atoms with E-state index in [1.165, 1.54) is 6.07 Å². The van der Waals surface area contributed by atoms with E-state index in [1.54, 1.807) is 23.5 Å². The van der Waals surface area contributed by atoms with Gasteiger partial charge >= 0.3 is 0 Å². The van der Waals surface area contributed by atoms with Gasteiger partial charge in [-0.2, -0.15) is 5.26 Å². The Hall–Kier alpha value is -2.56. The molecule has 1 aliphatic carbocycles. The zero-order valence-electron chi connectivity index (χ0n) is 14.3. The monoisotopic (exact) mass is 397 g/mol. The van der Waals surface area contributed by atoms with Crippen molar-refractivity contribution in [1.29, 1.82) is 5.26 Å². The highest BCUT2D eigenvalue weighted by atomic mass is 35.5. The number of nitrogens with zero attached hydrogens (tertiary/aromatic N) is 5. The lowest BCUT2D eigenvalue weighted by atomic mass is 9.97. The van der Waals surface area contributed by atoms with Crippen LogP contribution in [0, 0.1) is 30.0 Å². The van der Waals surface area contributed by atoms with Crippen LogP contribution in [-0.4, -0.2) is 20.5 Å². The SMILES string of the molecule is Cc1nnc2n1-c1sc3c(c1C(c1c(F)cccc1Cl)=NC2)CC(C#N)C3. The van der Waals surface area contributed by atoms with Gasteiger partial charge in [-0.1, -0.05) is 17.7 Å². The normalized spacial score (nSPS) is 17.6. The van der Waals surface area contributed by atoms with Gasteiger partial charge < -0.3 is 0 Å². The Bertz CT molecular complexity index is 1150. The van der Waals surface area contributed by atoms with E-state index in [-0.39, 0.29) is 5.92 Å². The predicted molar refractivity (Wildman–Crippen MR) is 101 cm³/mol. The van der Waals surface area contributed by atoms with Gasteiger partial charge in [-0.3, -0.25) is 9.56 Å². The fraction of sp³-hybridized carbons (Fsp3) is 0.263. The van der Waals surface area contributed by atoms with Crippen LogP contribution in [0.15, 0.2) is 23.2 Å². The Kier molecular flexibility index (Phi) is 3.67. The van der Waals surface area contributed by atoms with Crippen molar-refractivity contribution in [3.05, 3.63) is 62.3 Å². The topological polar surface area (TPSA) is 66.9 Å². The number of aliphatic imine (C=N–C) groups is 1. The quantitative estimate of drug-likeness (QED) is 0.622. The molecule has 3 aromatic rings. The molecule has 0 fully saturated rings. The highest BCUT2D eigenvalue weighted by molar-refractivity contribution is 7.15. The molecule has 0 radical (unpaired) electrons. The Balaban J connectivity index is 1.82. The summed E-state index contributed by atoms with van der Waals surface area (Å²) >= 11 is 7.98. The molecule has 1 aromatic carbocycles. The summed E-state index contributed by atoms with van der Waals surface area (Å²) in [5.74, 6) is 1.02. The number of thiophene rings is 1. The number of benzene rings is 1. The number of hydrogen-bond acceptors (Lipinski definition) is 5. The van der Waals surface area contributed by atoms with Gasteiger partial charge in [-0.05, 0) is 37.5 Å². The molecule has 0 bridgehead atoms. The number of aryl methyl sites for hydroxylation is 1. The van der Waals surface area contributed by atoms with Crippen molar-refractivity contribution in [1.82, 2.24) is 14.8 Å². The van der Waals surface area contributed by atoms with Gasteiger partial charge in [-0.25, -0.2) is 4.39 Å². The van der Waals surface area contributed by atoms with Crippen LogP contribution in [0.25, 0.3) is 5.00 Å². The van der Waals surface area contributed by atoms with Crippen molar-refractivity contribution >= 4 is 28.6 Å². The van der Waals surface area contributed by atoms with Crippen molar-refractivity contribution in [3.63, 3.8) is 0 Å². The van der Waals surface area contributed by atoms with Crippen molar-refractivity contribution in [2.45, 2.75) is 26.3 Å². The minimum atomic E-state index is -0.406. The van der Waals surface area contributed by atoms with Gasteiger partial charge in [0, 0.05) is 10.4 Å². The lowest BCUT2D eigenvalue weighted by Crippen LogP contribution is -2.11. The highest BCUT2D eigenvalue weighted by Crippen LogP contribution is 2.43. The Labute approximate surface area is 163 Å². The average Bonchev–Trinajstić information content (AvgIpc) is 3.27. The van der Waals surface area contributed by atoms with Gasteiger partial charge in [0.15, 0.2) is 5.82 Å². The van der Waals surface area contributed by atoms with E-state index in [0.29, 0.717) is 41.5 Å². The molecule has 1 atom stereocenters. The number of hydrogen-bond donors (Lipinski definition) is 0. The molecule has 27 heavy (non-hydrogen) atoms. The molecule has 1 aliphatic heterocycles. The zero-order chi connectivity index (χ0) is 18.7. The minimum Gasteiger partial charge on any atom is -0.276 e. The fourth-order valence-corrected chi connectivity index (χ4v) is 5.57. The molecule has 8 heteroatoms. The van der Waals surface area contributed by atoms with Crippen LogP contribution in [0.4, 0.5) is 4.39 Å². The first-order valence-corrected chi connectivity index (χ1v) is 9.72. The molecule has 0 spiro atoms. The van der Waals surface area contributed by atoms with Crippen LogP contribution in [0.1, 0.15) is 33.2 Å². The average molecular weight is 398 g/mol. The van der Waals surface area contributed by atoms with Crippen molar-refractivity contribution in [3.8, 4) is 11.1 Å². The third kappa shape index (κ3) is 2.37. The summed E-state index contributed by atoms with van der Waals surface area (Å²) in [5, 5.41) is 19.1. The third-order valence-corrected chi connectivity index (χ3v) is 6.60. The molecule has 0 saturated heterocycles. The molecular weight excluding hydrogens is 385 g/mol. The number of rotatable bonds is 1. The summed E-state index contributed by atoms with van der Waals surface area (Å²) in [6.07, 6.45) is 1.34. The van der Waals surface area contributed by atoms with Crippen LogP contribution in [0.2, 0.25) is 5.02 Å². The van der Waals surface area contributed by atoms with E-state index in [9.17, 15) is 9.65 Å². The van der Waals surface area contributed by atoms with E-state index in [2.05, 4.69) is 16.3 Å². The second-order valence-corrected chi connectivity index (χ2v) is 8.17. The molecule has 0 amide bonds. The van der Waals surface area contributed by atoms with E-state index < -0.39 is 5.82 Å². The van der Waals surface area contributed by atoms with E-state index in [0.717, 1.165) is 26.8 Å². The van der Waals surface area contributed by atoms with Gasteiger partial charge in [-0.15, -0.1) is 21.5 Å². The number of fused-ring (bicyclic) bond motifs is 5. The van der Waals surface area contributed by atoms with E-state index >= 15 is 0 Å². The van der Waals surface area contributed by atoms with Crippen LogP contribution in [-0.2, 0) is 19.4 Å². The summed E-state index contributed by atoms with van der Waals surface area (Å²) in [6.45, 7) is 2.18. The molecule has 1 unspecified atom stereocenters. The maximum Gasteiger partial charge on any atom is 0.160 e. The lowest BCUT2D eigenvalue weighted by molar-refractivity contribution is 0.625. The second-order valence-electron chi connectivity index (χ2n) is 6.68. The maximum atomic E-state index is 14.7. The van der Waals surface area contributed by atoms with Crippen molar-refractivity contribution in [2.24, 2.45) is 10.9 Å². The maximum absolute atomic E-state index is 14.7. The molecule has 2 aromatic heterocycles. The predicted octanol–water partition coefficient (Wildman–Crippen LogP) is 4.02. The van der Waals surface area contributed by atoms with Crippen LogP contribution >= 0.6 is 22.9 Å². The van der Waals surface area contributed by atoms with E-state index in [4.69, 9.17) is 16.6 Å². The van der Waals surface area contributed by atoms with Crippen LogP contribution in [0.3, 0.4) is 0 Å². The molecule has 0 N–H and O–H groups in total. The van der Waals surface area contributed by atoms with Gasteiger partial charge in [0.2, 0.25) is 0 Å². The smallest absolute Gasteiger partial charge is 0.160 e. The first-order chi connectivity index (χ1) is 13.1. The highest BCUT2D eigenvalue weighted by Gasteiger charge is 2.35. The Morgan fingerprint density at radius 1 is 1.30 bits per heavy atom. The number of halogens is 2. The number of aromatic nitrogens is 3. The van der Waals surface area contributed by atoms with Crippen LogP contribution < -0.4 is 0 Å². The summed E-state index contributed by atoms with van der Waals surface area (Å²) in [6, 6.07) is 7.01. The molecular formula is C19H13ClFN5S. The van der Waals surface area contributed by atoms with Gasteiger partial charge in [0.1, 0.15) is 23.2 Å². The molecule has 5 nitrogen and oxygen atoms in total. The van der Waals surface area contributed by atoms with E-state index in [1.807, 2.05) is 11.5 Å². The van der Waals surface area contributed by atoms with Crippen LogP contribution in [0.5, 0.6) is 0 Å². The molecule has 134 valence electrons. The largest absolute Gasteiger partial charge is 0.276 e. The minimum absolute atomic E-state index is 0.0568. The Morgan fingerprint density at radius 2 is 2.15 bits per heavy atom. The molecule has 0 saturated carbocycles. The second kappa shape index (κ2) is 5.98. The molecule has 3 heterocycles. The number of nitriles is 1. The first kappa shape index (κ1) is 16.6. The summed E-state index contributed by atoms with van der Waals surface area (Å²) in [7, 11) is 0. The Morgan fingerprint density at radius 3 is 2.93 bits per heavy atom. The van der Waals surface area contributed by atoms with Crippen molar-refractivity contribution in [2.75, 3.05) is 0 Å². The van der Waals surface area contributed by atoms with Gasteiger partial charge in [0.25, 0.3) is 0 Å². The molecule has 2 aliphatic rings. The fourth-order valence-electron chi connectivity index (χ4n) is 3.84. The van der Waals surface area contributed by atoms with Gasteiger partial charge in [0.05, 0.1) is 28.3 Å². The zero-order valence-corrected chi connectivity index (χ0v) is 15.9. The standard InChI is InChI=1S/C19H13ClFN5S/c1-9-24-25-15-8-23-18(17-12(20)3-2-4-13(17)21)16-11-5-10(7-22)6-14(11)27-19(16)26(9)15/h2-4,10H,5-6,8H2,1H3. The summed E-state index contributed by atoms with van der Waals surface area (Å²) < 4.78 is 16.7. The van der Waals surface area contributed by atoms with Crippen molar-refractivity contribution < 1.29 is 4.39 Å².